The number of amides is 1. The summed E-state index contributed by atoms with van der Waals surface area (Å²) in [6, 6.07) is 7.44. The molecule has 0 aliphatic carbocycles. The average Bonchev–Trinajstić information content (AvgIpc) is 2.93. The van der Waals surface area contributed by atoms with Gasteiger partial charge in [-0.25, -0.2) is 5.43 Å². The normalized spacial score (nSPS) is 10.9. The Morgan fingerprint density at radius 1 is 1.31 bits per heavy atom. The van der Waals surface area contributed by atoms with Crippen molar-refractivity contribution in [2.45, 2.75) is 40.2 Å². The Morgan fingerprint density at radius 3 is 2.77 bits per heavy atom. The first-order valence-electron chi connectivity index (χ1n) is 8.67. The van der Waals surface area contributed by atoms with Crippen LogP contribution in [0, 0.1) is 13.8 Å². The number of carbonyl (C=O) groups is 1. The maximum Gasteiger partial charge on any atom is 0.261 e. The quantitative estimate of drug-likeness (QED) is 0.425. The molecule has 2 aromatic rings. The Balaban J connectivity index is 1.92. The van der Waals surface area contributed by atoms with Gasteiger partial charge in [0.05, 0.1) is 25.6 Å². The Kier molecular flexibility index (Phi) is 7.20. The van der Waals surface area contributed by atoms with Crippen LogP contribution < -0.4 is 14.9 Å². The molecule has 1 heterocycles. The molecule has 0 spiro atoms. The summed E-state index contributed by atoms with van der Waals surface area (Å²) in [5.74, 6) is 1.10. The first-order valence-corrected chi connectivity index (χ1v) is 8.67. The summed E-state index contributed by atoms with van der Waals surface area (Å²) in [4.78, 5) is 12.0. The van der Waals surface area contributed by atoms with Crippen molar-refractivity contribution in [3.8, 4) is 11.5 Å². The number of benzene rings is 1. The summed E-state index contributed by atoms with van der Waals surface area (Å²) in [6.07, 6.45) is 3.63. The highest BCUT2D eigenvalue weighted by Gasteiger charge is 2.07. The summed E-state index contributed by atoms with van der Waals surface area (Å²) in [6.45, 7) is 6.70. The SMILES string of the molecule is CCCCOc1ccc(/C=N\NC(=O)Cn2nc(C)cc2C)cc1OC. The van der Waals surface area contributed by atoms with Gasteiger partial charge in [0, 0.05) is 5.69 Å². The lowest BCUT2D eigenvalue weighted by molar-refractivity contribution is -0.121. The van der Waals surface area contributed by atoms with Gasteiger partial charge in [-0.15, -0.1) is 0 Å². The highest BCUT2D eigenvalue weighted by molar-refractivity contribution is 5.83. The second-order valence-corrected chi connectivity index (χ2v) is 5.99. The van der Waals surface area contributed by atoms with Crippen LogP contribution >= 0.6 is 0 Å². The third-order valence-corrected chi connectivity index (χ3v) is 3.74. The fraction of sp³-hybridized carbons (Fsp3) is 0.421. The van der Waals surface area contributed by atoms with Crippen molar-refractivity contribution < 1.29 is 14.3 Å². The van der Waals surface area contributed by atoms with Gasteiger partial charge >= 0.3 is 0 Å². The predicted octanol–water partition coefficient (Wildman–Crippen LogP) is 2.84. The molecule has 0 unspecified atom stereocenters. The molecule has 1 aromatic heterocycles. The van der Waals surface area contributed by atoms with E-state index in [1.54, 1.807) is 18.0 Å². The molecule has 0 aliphatic heterocycles. The summed E-state index contributed by atoms with van der Waals surface area (Å²) in [5, 5.41) is 8.25. The highest BCUT2D eigenvalue weighted by Crippen LogP contribution is 2.27. The number of aromatic nitrogens is 2. The van der Waals surface area contributed by atoms with E-state index in [-0.39, 0.29) is 12.5 Å². The van der Waals surface area contributed by atoms with E-state index in [2.05, 4.69) is 22.5 Å². The fourth-order valence-corrected chi connectivity index (χ4v) is 2.40. The van der Waals surface area contributed by atoms with Gasteiger partial charge in [0.2, 0.25) is 0 Å². The Morgan fingerprint density at radius 2 is 2.12 bits per heavy atom. The average molecular weight is 358 g/mol. The van der Waals surface area contributed by atoms with Crippen molar-refractivity contribution in [1.29, 1.82) is 0 Å². The van der Waals surface area contributed by atoms with Crippen molar-refractivity contribution in [2.24, 2.45) is 5.10 Å². The molecule has 0 radical (unpaired) electrons. The van der Waals surface area contributed by atoms with E-state index in [0.717, 1.165) is 29.8 Å². The van der Waals surface area contributed by atoms with Crippen LogP contribution in [0.1, 0.15) is 36.7 Å². The van der Waals surface area contributed by atoms with Gasteiger partial charge in [-0.05, 0) is 50.1 Å². The zero-order valence-electron chi connectivity index (χ0n) is 15.8. The van der Waals surface area contributed by atoms with Gasteiger partial charge in [-0.2, -0.15) is 10.2 Å². The maximum absolute atomic E-state index is 12.0. The second-order valence-electron chi connectivity index (χ2n) is 5.99. The minimum atomic E-state index is -0.237. The number of carbonyl (C=O) groups excluding carboxylic acids is 1. The van der Waals surface area contributed by atoms with Crippen LogP contribution in [0.25, 0.3) is 0 Å². The van der Waals surface area contributed by atoms with Crippen LogP contribution in [-0.4, -0.2) is 35.6 Å². The third kappa shape index (κ3) is 5.61. The first kappa shape index (κ1) is 19.5. The molecule has 7 heteroatoms. The number of nitrogens with zero attached hydrogens (tertiary/aromatic N) is 3. The van der Waals surface area contributed by atoms with Crippen LogP contribution in [0.3, 0.4) is 0 Å². The molecular formula is C19H26N4O3. The lowest BCUT2D eigenvalue weighted by atomic mass is 10.2. The van der Waals surface area contributed by atoms with Crippen molar-refractivity contribution >= 4 is 12.1 Å². The number of aryl methyl sites for hydroxylation is 2. The van der Waals surface area contributed by atoms with Crippen molar-refractivity contribution in [3.05, 3.63) is 41.2 Å². The molecule has 1 amide bonds. The number of rotatable bonds is 9. The maximum atomic E-state index is 12.0. The molecular weight excluding hydrogens is 332 g/mol. The Labute approximate surface area is 154 Å². The van der Waals surface area contributed by atoms with Gasteiger partial charge in [-0.3, -0.25) is 9.48 Å². The van der Waals surface area contributed by atoms with E-state index in [4.69, 9.17) is 9.47 Å². The molecule has 0 atom stereocenters. The summed E-state index contributed by atoms with van der Waals surface area (Å²) in [7, 11) is 1.60. The van der Waals surface area contributed by atoms with E-state index < -0.39 is 0 Å². The molecule has 0 aliphatic rings. The molecule has 26 heavy (non-hydrogen) atoms. The number of methoxy groups -OCH3 is 1. The topological polar surface area (TPSA) is 77.7 Å². The number of hydrogen-bond acceptors (Lipinski definition) is 5. The molecule has 0 saturated carbocycles. The van der Waals surface area contributed by atoms with E-state index in [1.807, 2.05) is 38.1 Å². The zero-order valence-corrected chi connectivity index (χ0v) is 15.8. The van der Waals surface area contributed by atoms with E-state index in [1.165, 1.54) is 0 Å². The van der Waals surface area contributed by atoms with Crippen LogP contribution in [0.4, 0.5) is 0 Å². The highest BCUT2D eigenvalue weighted by atomic mass is 16.5. The summed E-state index contributed by atoms with van der Waals surface area (Å²) in [5.41, 5.74) is 5.13. The van der Waals surface area contributed by atoms with E-state index >= 15 is 0 Å². The molecule has 0 fully saturated rings. The van der Waals surface area contributed by atoms with Crippen molar-refractivity contribution in [3.63, 3.8) is 0 Å². The summed E-state index contributed by atoms with van der Waals surface area (Å²) >= 11 is 0. The second kappa shape index (κ2) is 9.60. The Bertz CT molecular complexity index is 768. The van der Waals surface area contributed by atoms with Crippen LogP contribution in [-0.2, 0) is 11.3 Å². The van der Waals surface area contributed by atoms with Crippen molar-refractivity contribution in [2.75, 3.05) is 13.7 Å². The Hall–Kier alpha value is -2.83. The first-order chi connectivity index (χ1) is 12.5. The van der Waals surface area contributed by atoms with Gasteiger partial charge < -0.3 is 9.47 Å². The molecule has 140 valence electrons. The molecule has 1 N–H and O–H groups in total. The van der Waals surface area contributed by atoms with E-state index in [9.17, 15) is 4.79 Å². The standard InChI is InChI=1S/C19H26N4O3/c1-5-6-9-26-17-8-7-16(11-18(17)25-4)12-20-21-19(24)13-23-15(3)10-14(2)22-23/h7-8,10-12H,5-6,9,13H2,1-4H3,(H,21,24)/b20-12-. The fourth-order valence-electron chi connectivity index (χ4n) is 2.40. The largest absolute Gasteiger partial charge is 0.493 e. The zero-order chi connectivity index (χ0) is 18.9. The van der Waals surface area contributed by atoms with Gasteiger partial charge in [0.1, 0.15) is 6.54 Å². The lowest BCUT2D eigenvalue weighted by Gasteiger charge is -2.10. The third-order valence-electron chi connectivity index (χ3n) is 3.74. The molecule has 0 bridgehead atoms. The van der Waals surface area contributed by atoms with Crippen LogP contribution in [0.2, 0.25) is 0 Å². The molecule has 7 nitrogen and oxygen atoms in total. The predicted molar refractivity (Wildman–Crippen MR) is 101 cm³/mol. The number of ether oxygens (including phenoxy) is 2. The number of hydrazone groups is 1. The van der Waals surface area contributed by atoms with E-state index in [0.29, 0.717) is 18.1 Å². The number of hydrogen-bond donors (Lipinski definition) is 1. The summed E-state index contributed by atoms with van der Waals surface area (Å²) < 4.78 is 12.7. The number of nitrogens with one attached hydrogen (secondary N) is 1. The minimum absolute atomic E-state index is 0.130. The van der Waals surface area contributed by atoms with Gasteiger partial charge in [0.25, 0.3) is 5.91 Å². The van der Waals surface area contributed by atoms with Crippen molar-refractivity contribution in [1.82, 2.24) is 15.2 Å². The smallest absolute Gasteiger partial charge is 0.261 e. The van der Waals surface area contributed by atoms with Crippen LogP contribution in [0.15, 0.2) is 29.4 Å². The van der Waals surface area contributed by atoms with Gasteiger partial charge in [0.15, 0.2) is 11.5 Å². The lowest BCUT2D eigenvalue weighted by Crippen LogP contribution is -2.24. The minimum Gasteiger partial charge on any atom is -0.493 e. The molecule has 1 aromatic carbocycles. The van der Waals surface area contributed by atoms with Gasteiger partial charge in [-0.1, -0.05) is 13.3 Å². The molecule has 0 saturated heterocycles. The van der Waals surface area contributed by atoms with Crippen LogP contribution in [0.5, 0.6) is 11.5 Å². The molecule has 2 rings (SSSR count). The number of unbranched alkanes of at least 4 members (excludes halogenated alkanes) is 1. The monoisotopic (exact) mass is 358 g/mol.